The Kier molecular flexibility index (Phi) is 54.9. The zero-order valence-electron chi connectivity index (χ0n) is 31.6. The fourth-order valence-electron chi connectivity index (χ4n) is 4.20. The van der Waals surface area contributed by atoms with Gasteiger partial charge < -0.3 is 9.79 Å². The van der Waals surface area contributed by atoms with E-state index < -0.39 is 15.6 Å². The van der Waals surface area contributed by atoms with Crippen molar-refractivity contribution in [3.8, 4) is 0 Å². The Hall–Kier alpha value is 2.70. The molecule has 0 saturated heterocycles. The molecule has 0 amide bonds. The zero-order valence-corrected chi connectivity index (χ0v) is 38.5. The Balaban J connectivity index is -0.000000387. The SMILES string of the molecule is CCCCCCCCOOP(=O)([O-])OOCCCCCCCC.CCCCCCCCOOP(=O)([O-])OOCCCCCCCC.[K+].[Na+]. The van der Waals surface area contributed by atoms with E-state index in [4.69, 9.17) is 0 Å². The molecular formula is C32H68KNaO12P2. The van der Waals surface area contributed by atoms with E-state index in [9.17, 15) is 18.9 Å². The van der Waals surface area contributed by atoms with Gasteiger partial charge in [-0.3, -0.25) is 9.13 Å². The maximum absolute atomic E-state index is 11.3. The first-order valence-corrected chi connectivity index (χ1v) is 21.0. The number of phosphoric acid groups is 2. The maximum atomic E-state index is 11.3. The molecule has 0 aromatic heterocycles. The molecule has 0 atom stereocenters. The summed E-state index contributed by atoms with van der Waals surface area (Å²) in [6.07, 6.45) is 26.1. The molecule has 0 aliphatic carbocycles. The normalized spacial score (nSPS) is 11.5. The molecule has 0 saturated carbocycles. The minimum atomic E-state index is -4.52. The molecule has 0 heterocycles. The third kappa shape index (κ3) is 50.8. The molecule has 12 nitrogen and oxygen atoms in total. The van der Waals surface area contributed by atoms with Crippen LogP contribution in [0.1, 0.15) is 182 Å². The quantitative estimate of drug-likeness (QED) is 0.0296. The van der Waals surface area contributed by atoms with E-state index >= 15 is 0 Å². The standard InChI is InChI=1S/2C16H35O6P.K.Na/c2*1-3-5-7-9-11-13-15-19-21-23(17,18)22-20-16-14-12-10-8-6-4-2;;/h2*3-16H2,1-2H3,(H,17,18);;/q;;2*+1/p-2. The number of hydrogen-bond donors (Lipinski definition) is 0. The molecule has 0 rings (SSSR count). The van der Waals surface area contributed by atoms with Crippen molar-refractivity contribution in [2.24, 2.45) is 0 Å². The minimum absolute atomic E-state index is 0. The molecule has 0 fully saturated rings. The molecule has 280 valence electrons. The van der Waals surface area contributed by atoms with Crippen LogP contribution >= 0.6 is 15.6 Å². The average molecular weight is 769 g/mol. The second-order valence-electron chi connectivity index (χ2n) is 11.6. The van der Waals surface area contributed by atoms with Crippen LogP contribution < -0.4 is 90.7 Å². The zero-order chi connectivity index (χ0) is 34.5. The molecule has 48 heavy (non-hydrogen) atoms. The average Bonchev–Trinajstić information content (AvgIpc) is 3.02. The molecule has 0 bridgehead atoms. The van der Waals surface area contributed by atoms with Crippen molar-refractivity contribution in [2.45, 2.75) is 182 Å². The molecular weight excluding hydrogens is 700 g/mol. The third-order valence-electron chi connectivity index (χ3n) is 6.90. The van der Waals surface area contributed by atoms with Crippen LogP contribution in [0, 0.1) is 0 Å². The molecule has 0 aliphatic rings. The van der Waals surface area contributed by atoms with Crippen molar-refractivity contribution in [3.05, 3.63) is 0 Å². The van der Waals surface area contributed by atoms with Gasteiger partial charge in [0, 0.05) is 0 Å². The molecule has 0 radical (unpaired) electrons. The van der Waals surface area contributed by atoms with Gasteiger partial charge in [0.1, 0.15) is 0 Å². The van der Waals surface area contributed by atoms with Crippen LogP contribution in [0.15, 0.2) is 0 Å². The Bertz CT molecular complexity index is 597. The largest absolute Gasteiger partial charge is 1.00 e. The second kappa shape index (κ2) is 45.9. The van der Waals surface area contributed by atoms with E-state index in [1.807, 2.05) is 0 Å². The van der Waals surface area contributed by atoms with Crippen molar-refractivity contribution in [3.63, 3.8) is 0 Å². The van der Waals surface area contributed by atoms with Crippen LogP contribution in [0.25, 0.3) is 0 Å². The molecule has 0 aromatic carbocycles. The molecule has 0 aliphatic heterocycles. The van der Waals surface area contributed by atoms with E-state index in [0.29, 0.717) is 0 Å². The van der Waals surface area contributed by atoms with Crippen LogP contribution in [0.4, 0.5) is 0 Å². The summed E-state index contributed by atoms with van der Waals surface area (Å²) in [5.41, 5.74) is 0. The predicted octanol–water partition coefficient (Wildman–Crippen LogP) is 4.15. The van der Waals surface area contributed by atoms with Crippen LogP contribution in [0.5, 0.6) is 0 Å². The van der Waals surface area contributed by atoms with Gasteiger partial charge >= 0.3 is 96.6 Å². The van der Waals surface area contributed by atoms with Gasteiger partial charge in [-0.15, -0.1) is 0 Å². The number of rotatable bonds is 36. The first-order chi connectivity index (χ1) is 22.2. The summed E-state index contributed by atoms with van der Waals surface area (Å²) < 4.78 is 39.7. The first-order valence-electron chi connectivity index (χ1n) is 18.1. The van der Waals surface area contributed by atoms with Gasteiger partial charge in [0.15, 0.2) is 0 Å². The van der Waals surface area contributed by atoms with Crippen LogP contribution in [0.3, 0.4) is 0 Å². The molecule has 0 N–H and O–H groups in total. The van der Waals surface area contributed by atoms with Gasteiger partial charge in [-0.2, -0.15) is 18.7 Å². The number of unbranched alkanes of at least 4 members (excludes halogenated alkanes) is 20. The monoisotopic (exact) mass is 768 g/mol. The molecule has 0 spiro atoms. The van der Waals surface area contributed by atoms with Gasteiger partial charge in [0.25, 0.3) is 0 Å². The summed E-state index contributed by atoms with van der Waals surface area (Å²) in [5.74, 6) is 0. The summed E-state index contributed by atoms with van der Waals surface area (Å²) in [6.45, 7) is 9.60. The van der Waals surface area contributed by atoms with Gasteiger partial charge in [-0.1, -0.05) is 156 Å². The Morgan fingerprint density at radius 2 is 0.521 bits per heavy atom. The molecule has 0 aromatic rings. The van der Waals surface area contributed by atoms with E-state index in [-0.39, 0.29) is 107 Å². The van der Waals surface area contributed by atoms with Crippen molar-refractivity contribution in [2.75, 3.05) is 26.4 Å². The van der Waals surface area contributed by atoms with E-state index in [1.165, 1.54) is 77.0 Å². The van der Waals surface area contributed by atoms with Crippen molar-refractivity contribution < 1.29 is 138 Å². The minimum Gasteiger partial charge on any atom is -0.753 e. The summed E-state index contributed by atoms with van der Waals surface area (Å²) in [5, 5.41) is 0. The van der Waals surface area contributed by atoms with Crippen LogP contribution in [0.2, 0.25) is 0 Å². The Morgan fingerprint density at radius 3 is 0.708 bits per heavy atom. The topological polar surface area (TPSA) is 154 Å². The van der Waals surface area contributed by atoms with Crippen LogP contribution in [-0.4, -0.2) is 26.4 Å². The third-order valence-corrected chi connectivity index (χ3v) is 8.05. The van der Waals surface area contributed by atoms with E-state index in [1.54, 1.807) is 0 Å². The van der Waals surface area contributed by atoms with Gasteiger partial charge in [-0.25, -0.2) is 19.6 Å². The fraction of sp³-hybridized carbons (Fsp3) is 1.00. The van der Waals surface area contributed by atoms with Gasteiger partial charge in [-0.05, 0) is 25.7 Å². The predicted molar refractivity (Wildman–Crippen MR) is 177 cm³/mol. The maximum Gasteiger partial charge on any atom is 1.00 e. The van der Waals surface area contributed by atoms with Crippen molar-refractivity contribution in [1.29, 1.82) is 0 Å². The van der Waals surface area contributed by atoms with Gasteiger partial charge in [0.2, 0.25) is 0 Å². The van der Waals surface area contributed by atoms with Gasteiger partial charge in [0.05, 0.1) is 26.4 Å². The Morgan fingerprint density at radius 1 is 0.354 bits per heavy atom. The number of hydrogen-bond acceptors (Lipinski definition) is 12. The first kappa shape index (κ1) is 57.4. The molecule has 16 heteroatoms. The summed E-state index contributed by atoms with van der Waals surface area (Å²) in [7, 11) is -9.04. The van der Waals surface area contributed by atoms with Crippen LogP contribution in [-0.2, 0) is 47.4 Å². The summed E-state index contributed by atoms with van der Waals surface area (Å²) in [4.78, 5) is 41.2. The van der Waals surface area contributed by atoms with Crippen molar-refractivity contribution in [1.82, 2.24) is 0 Å². The Labute approximate surface area is 358 Å². The second-order valence-corrected chi connectivity index (χ2v) is 13.9. The fourth-order valence-corrected chi connectivity index (χ4v) is 5.06. The summed E-state index contributed by atoms with van der Waals surface area (Å²) >= 11 is 0. The van der Waals surface area contributed by atoms with E-state index in [2.05, 4.69) is 65.9 Å². The van der Waals surface area contributed by atoms with E-state index in [0.717, 1.165) is 77.0 Å². The van der Waals surface area contributed by atoms with Crippen molar-refractivity contribution >= 4 is 15.6 Å². The smallest absolute Gasteiger partial charge is 0.753 e. The molecule has 0 unspecified atom stereocenters. The summed E-state index contributed by atoms with van der Waals surface area (Å²) in [6, 6.07) is 0.